The van der Waals surface area contributed by atoms with Gasteiger partial charge in [-0.25, -0.2) is 4.39 Å². The van der Waals surface area contributed by atoms with E-state index in [4.69, 9.17) is 0 Å². The van der Waals surface area contributed by atoms with Crippen molar-refractivity contribution >= 4 is 11.8 Å². The Morgan fingerprint density at radius 3 is 2.73 bits per heavy atom. The van der Waals surface area contributed by atoms with Gasteiger partial charge in [0, 0.05) is 6.04 Å². The van der Waals surface area contributed by atoms with Gasteiger partial charge in [0.1, 0.15) is 5.82 Å². The molecule has 0 radical (unpaired) electrons. The molecule has 1 rings (SSSR count). The number of hydrogen-bond acceptors (Lipinski definition) is 2. The lowest BCUT2D eigenvalue weighted by Gasteiger charge is -2.18. The van der Waals surface area contributed by atoms with E-state index in [0.29, 0.717) is 6.04 Å². The Morgan fingerprint density at radius 1 is 1.47 bits per heavy atom. The third-order valence-electron chi connectivity index (χ3n) is 2.57. The molecule has 1 unspecified atom stereocenters. The van der Waals surface area contributed by atoms with Crippen LogP contribution >= 0.6 is 11.8 Å². The Balaban J connectivity index is 2.81. The zero-order chi connectivity index (χ0) is 11.3. The molecule has 0 saturated heterocycles. The van der Waals surface area contributed by atoms with E-state index in [0.717, 1.165) is 17.7 Å². The van der Waals surface area contributed by atoms with Crippen LogP contribution < -0.4 is 5.32 Å². The van der Waals surface area contributed by atoms with Crippen LogP contribution in [0.3, 0.4) is 0 Å². The van der Waals surface area contributed by atoms with E-state index in [9.17, 15) is 4.39 Å². The summed E-state index contributed by atoms with van der Waals surface area (Å²) in [6.45, 7) is 1.96. The second-order valence-electron chi connectivity index (χ2n) is 3.62. The van der Waals surface area contributed by atoms with Gasteiger partial charge < -0.3 is 5.32 Å². The molecule has 0 fully saturated rings. The minimum absolute atomic E-state index is 0.157. The molecule has 0 aliphatic heterocycles. The molecule has 1 atom stereocenters. The molecule has 0 spiro atoms. The van der Waals surface area contributed by atoms with Gasteiger partial charge in [0.2, 0.25) is 0 Å². The van der Waals surface area contributed by atoms with Gasteiger partial charge in [0.15, 0.2) is 0 Å². The summed E-state index contributed by atoms with van der Waals surface area (Å²) in [6.07, 6.45) is 3.17. The van der Waals surface area contributed by atoms with Gasteiger partial charge in [0.05, 0.1) is 0 Å². The lowest BCUT2D eigenvalue weighted by Crippen LogP contribution is -2.18. The molecule has 1 nitrogen and oxygen atoms in total. The van der Waals surface area contributed by atoms with Crippen molar-refractivity contribution in [1.82, 2.24) is 5.32 Å². The van der Waals surface area contributed by atoms with Crippen molar-refractivity contribution in [3.8, 4) is 0 Å². The van der Waals surface area contributed by atoms with E-state index in [-0.39, 0.29) is 5.82 Å². The number of halogens is 1. The van der Waals surface area contributed by atoms with E-state index in [2.05, 4.69) is 11.6 Å². The lowest BCUT2D eigenvalue weighted by atomic mass is 9.99. The van der Waals surface area contributed by atoms with Gasteiger partial charge in [-0.1, -0.05) is 6.07 Å². The van der Waals surface area contributed by atoms with Crippen molar-refractivity contribution in [2.75, 3.05) is 19.1 Å². The molecule has 1 aromatic rings. The van der Waals surface area contributed by atoms with E-state index < -0.39 is 0 Å². The van der Waals surface area contributed by atoms with Crippen LogP contribution in [0.15, 0.2) is 18.2 Å². The van der Waals surface area contributed by atoms with E-state index >= 15 is 0 Å². The average molecular weight is 227 g/mol. The Bertz CT molecular complexity index is 314. The number of thioether (sulfide) groups is 1. The molecule has 0 aromatic heterocycles. The topological polar surface area (TPSA) is 12.0 Å². The van der Waals surface area contributed by atoms with Gasteiger partial charge in [-0.2, -0.15) is 11.8 Å². The Hall–Kier alpha value is -0.540. The first-order chi connectivity index (χ1) is 7.19. The second kappa shape index (κ2) is 6.13. The highest BCUT2D eigenvalue weighted by Gasteiger charge is 2.11. The molecule has 0 aliphatic rings. The summed E-state index contributed by atoms with van der Waals surface area (Å²) in [5.41, 5.74) is 2.23. The van der Waals surface area contributed by atoms with Crippen LogP contribution in [-0.4, -0.2) is 19.1 Å². The lowest BCUT2D eigenvalue weighted by molar-refractivity contribution is 0.573. The van der Waals surface area contributed by atoms with Crippen molar-refractivity contribution in [1.29, 1.82) is 0 Å². The maximum absolute atomic E-state index is 12.9. The van der Waals surface area contributed by atoms with Crippen molar-refractivity contribution in [3.05, 3.63) is 35.1 Å². The number of rotatable bonds is 5. The number of benzene rings is 1. The number of aryl methyl sites for hydroxylation is 1. The van der Waals surface area contributed by atoms with E-state index in [1.54, 1.807) is 6.07 Å². The molecular weight excluding hydrogens is 209 g/mol. The molecule has 1 aromatic carbocycles. The number of hydrogen-bond donors (Lipinski definition) is 1. The maximum Gasteiger partial charge on any atom is 0.123 e. The normalized spacial score (nSPS) is 12.8. The first kappa shape index (κ1) is 12.5. The molecule has 0 amide bonds. The highest BCUT2D eigenvalue weighted by molar-refractivity contribution is 7.98. The summed E-state index contributed by atoms with van der Waals surface area (Å²) in [7, 11) is 1.95. The smallest absolute Gasteiger partial charge is 0.123 e. The van der Waals surface area contributed by atoms with Crippen molar-refractivity contribution in [2.45, 2.75) is 19.4 Å². The third-order valence-corrected chi connectivity index (χ3v) is 3.21. The summed E-state index contributed by atoms with van der Waals surface area (Å²) in [5, 5.41) is 3.28. The molecule has 1 N–H and O–H groups in total. The molecular formula is C12H18FNS. The average Bonchev–Trinajstić information content (AvgIpc) is 2.21. The standard InChI is InChI=1S/C12H18FNS/c1-9-8-10(13)4-5-11(9)12(14-2)6-7-15-3/h4-5,8,12,14H,6-7H2,1-3H3. The Labute approximate surface area is 95.5 Å². The first-order valence-corrected chi connectivity index (χ1v) is 6.50. The van der Waals surface area contributed by atoms with Crippen LogP contribution in [0.25, 0.3) is 0 Å². The van der Waals surface area contributed by atoms with Gasteiger partial charge in [0.25, 0.3) is 0 Å². The fraction of sp³-hybridized carbons (Fsp3) is 0.500. The molecule has 15 heavy (non-hydrogen) atoms. The number of nitrogens with one attached hydrogen (secondary N) is 1. The SMILES string of the molecule is CNC(CCSC)c1ccc(F)cc1C. The first-order valence-electron chi connectivity index (χ1n) is 5.11. The second-order valence-corrected chi connectivity index (χ2v) is 4.61. The molecule has 84 valence electrons. The van der Waals surface area contributed by atoms with E-state index in [1.807, 2.05) is 31.8 Å². The summed E-state index contributed by atoms with van der Waals surface area (Å²) < 4.78 is 12.9. The largest absolute Gasteiger partial charge is 0.313 e. The predicted molar refractivity (Wildman–Crippen MR) is 65.9 cm³/mol. The Kier molecular flexibility index (Phi) is 5.12. The minimum atomic E-state index is -0.157. The van der Waals surface area contributed by atoms with Crippen molar-refractivity contribution in [2.24, 2.45) is 0 Å². The summed E-state index contributed by atoms with van der Waals surface area (Å²) >= 11 is 1.83. The van der Waals surface area contributed by atoms with Crippen molar-refractivity contribution < 1.29 is 4.39 Å². The van der Waals surface area contributed by atoms with Crippen molar-refractivity contribution in [3.63, 3.8) is 0 Å². The van der Waals surface area contributed by atoms with Crippen LogP contribution in [0.4, 0.5) is 4.39 Å². The van der Waals surface area contributed by atoms with Gasteiger partial charge >= 0.3 is 0 Å². The molecule has 0 aliphatic carbocycles. The fourth-order valence-corrected chi connectivity index (χ4v) is 2.19. The van der Waals surface area contributed by atoms with Crippen LogP contribution in [0.1, 0.15) is 23.6 Å². The third kappa shape index (κ3) is 3.50. The summed E-state index contributed by atoms with van der Waals surface area (Å²) in [5.74, 6) is 0.957. The zero-order valence-electron chi connectivity index (χ0n) is 9.51. The molecule has 3 heteroatoms. The maximum atomic E-state index is 12.9. The fourth-order valence-electron chi connectivity index (χ4n) is 1.72. The molecule has 0 saturated carbocycles. The highest BCUT2D eigenvalue weighted by atomic mass is 32.2. The summed E-state index contributed by atoms with van der Waals surface area (Å²) in [4.78, 5) is 0. The molecule has 0 bridgehead atoms. The quantitative estimate of drug-likeness (QED) is 0.829. The van der Waals surface area contributed by atoms with E-state index in [1.165, 1.54) is 11.6 Å². The van der Waals surface area contributed by atoms with Gasteiger partial charge in [-0.15, -0.1) is 0 Å². The predicted octanol–water partition coefficient (Wildman–Crippen LogP) is 3.15. The van der Waals surface area contributed by atoms with Gasteiger partial charge in [-0.3, -0.25) is 0 Å². The van der Waals surface area contributed by atoms with Crippen LogP contribution in [0, 0.1) is 12.7 Å². The minimum Gasteiger partial charge on any atom is -0.313 e. The summed E-state index contributed by atoms with van der Waals surface area (Å²) in [6, 6.07) is 5.34. The monoisotopic (exact) mass is 227 g/mol. The highest BCUT2D eigenvalue weighted by Crippen LogP contribution is 2.22. The zero-order valence-corrected chi connectivity index (χ0v) is 10.3. The van der Waals surface area contributed by atoms with Gasteiger partial charge in [-0.05, 0) is 55.7 Å². The van der Waals surface area contributed by atoms with Crippen LogP contribution in [0.2, 0.25) is 0 Å². The van der Waals surface area contributed by atoms with Crippen LogP contribution in [0.5, 0.6) is 0 Å². The Morgan fingerprint density at radius 2 is 2.20 bits per heavy atom. The molecule has 0 heterocycles. The van der Waals surface area contributed by atoms with Crippen LogP contribution in [-0.2, 0) is 0 Å².